The van der Waals surface area contributed by atoms with Crippen molar-refractivity contribution in [1.29, 1.82) is 0 Å². The third kappa shape index (κ3) is 2.94. The third-order valence-corrected chi connectivity index (χ3v) is 2.89. The summed E-state index contributed by atoms with van der Waals surface area (Å²) in [6.45, 7) is 0.543. The molecular weight excluding hydrogens is 282 g/mol. The number of halogens is 1. The molecule has 2 aromatic rings. The topological polar surface area (TPSA) is 49.0 Å². The number of H-pyrrole nitrogens is 1. The highest BCUT2D eigenvalue weighted by atomic mass is 79.9. The second kappa shape index (κ2) is 5.14. The molecule has 1 N–H and O–H groups in total. The summed E-state index contributed by atoms with van der Waals surface area (Å²) in [5.41, 5.74) is 1.65. The molecule has 0 radical (unpaired) electrons. The minimum atomic E-state index is -0.00694. The van der Waals surface area contributed by atoms with Gasteiger partial charge in [-0.05, 0) is 18.2 Å². The lowest BCUT2D eigenvalue weighted by Crippen LogP contribution is -2.25. The van der Waals surface area contributed by atoms with E-state index in [-0.39, 0.29) is 5.91 Å². The van der Waals surface area contributed by atoms with E-state index in [1.807, 2.05) is 18.2 Å². The fraction of sp³-hybridized carbons (Fsp3) is 0.167. The van der Waals surface area contributed by atoms with Gasteiger partial charge in [0, 0.05) is 35.4 Å². The van der Waals surface area contributed by atoms with Crippen LogP contribution in [0.15, 0.2) is 41.1 Å². The van der Waals surface area contributed by atoms with Gasteiger partial charge >= 0.3 is 0 Å². The van der Waals surface area contributed by atoms with Gasteiger partial charge < -0.3 is 4.90 Å². The van der Waals surface area contributed by atoms with Crippen LogP contribution in [0, 0.1) is 0 Å². The first-order valence-electron chi connectivity index (χ1n) is 5.15. The van der Waals surface area contributed by atoms with E-state index in [9.17, 15) is 4.79 Å². The molecule has 1 heterocycles. The predicted molar refractivity (Wildman–Crippen MR) is 68.5 cm³/mol. The van der Waals surface area contributed by atoms with Gasteiger partial charge in [-0.15, -0.1) is 0 Å². The molecular formula is C12H12BrN3O. The predicted octanol–water partition coefficient (Wildman–Crippen LogP) is 2.44. The fourth-order valence-electron chi connectivity index (χ4n) is 1.55. The fourth-order valence-corrected chi connectivity index (χ4v) is 1.95. The molecule has 1 aromatic heterocycles. The van der Waals surface area contributed by atoms with Gasteiger partial charge in [-0.1, -0.05) is 22.0 Å². The van der Waals surface area contributed by atoms with Gasteiger partial charge in [0.25, 0.3) is 5.91 Å². The number of hydrogen-bond donors (Lipinski definition) is 1. The first-order chi connectivity index (χ1) is 8.16. The monoisotopic (exact) mass is 293 g/mol. The number of carbonyl (C=O) groups is 1. The van der Waals surface area contributed by atoms with E-state index in [1.165, 1.54) is 0 Å². The van der Waals surface area contributed by atoms with Crippen LogP contribution < -0.4 is 0 Å². The minimum Gasteiger partial charge on any atom is -0.337 e. The second-order valence-corrected chi connectivity index (χ2v) is 4.69. The van der Waals surface area contributed by atoms with Crippen molar-refractivity contribution in [2.75, 3.05) is 7.05 Å². The Morgan fingerprint density at radius 3 is 3.00 bits per heavy atom. The van der Waals surface area contributed by atoms with E-state index in [1.54, 1.807) is 30.4 Å². The Kier molecular flexibility index (Phi) is 3.58. The molecule has 88 valence electrons. The third-order valence-electron chi connectivity index (χ3n) is 2.39. The Bertz CT molecular complexity index is 510. The van der Waals surface area contributed by atoms with Crippen LogP contribution in [-0.4, -0.2) is 28.1 Å². The van der Waals surface area contributed by atoms with Gasteiger partial charge in [0.2, 0.25) is 0 Å². The van der Waals surface area contributed by atoms with Gasteiger partial charge in [-0.3, -0.25) is 9.89 Å². The molecule has 0 spiro atoms. The molecule has 0 aliphatic heterocycles. The quantitative estimate of drug-likeness (QED) is 0.945. The van der Waals surface area contributed by atoms with Crippen LogP contribution in [0.5, 0.6) is 0 Å². The normalized spacial score (nSPS) is 10.2. The first-order valence-corrected chi connectivity index (χ1v) is 5.95. The van der Waals surface area contributed by atoms with Gasteiger partial charge in [-0.2, -0.15) is 5.10 Å². The molecule has 0 atom stereocenters. The summed E-state index contributed by atoms with van der Waals surface area (Å²) in [4.78, 5) is 13.8. The highest BCUT2D eigenvalue weighted by Gasteiger charge is 2.12. The maximum atomic E-state index is 12.1. The Hall–Kier alpha value is -1.62. The lowest BCUT2D eigenvalue weighted by atomic mass is 10.2. The van der Waals surface area contributed by atoms with Gasteiger partial charge in [-0.25, -0.2) is 0 Å². The average Bonchev–Trinajstić information content (AvgIpc) is 2.80. The summed E-state index contributed by atoms with van der Waals surface area (Å²) in [5, 5.41) is 6.58. The number of benzene rings is 1. The summed E-state index contributed by atoms with van der Waals surface area (Å²) in [6.07, 6.45) is 3.50. The molecule has 0 unspecified atom stereocenters. The van der Waals surface area contributed by atoms with Crippen molar-refractivity contribution < 1.29 is 4.79 Å². The van der Waals surface area contributed by atoms with E-state index in [0.29, 0.717) is 12.1 Å². The number of hydrogen-bond acceptors (Lipinski definition) is 2. The Morgan fingerprint density at radius 1 is 1.53 bits per heavy atom. The summed E-state index contributed by atoms with van der Waals surface area (Å²) < 4.78 is 0.903. The van der Waals surface area contributed by atoms with Crippen LogP contribution in [0.3, 0.4) is 0 Å². The molecule has 17 heavy (non-hydrogen) atoms. The Labute approximate surface area is 108 Å². The van der Waals surface area contributed by atoms with Crippen LogP contribution in [-0.2, 0) is 6.54 Å². The maximum absolute atomic E-state index is 12.1. The summed E-state index contributed by atoms with van der Waals surface area (Å²) in [6, 6.07) is 7.36. The van der Waals surface area contributed by atoms with Crippen molar-refractivity contribution in [2.24, 2.45) is 0 Å². The number of aromatic nitrogens is 2. The highest BCUT2D eigenvalue weighted by molar-refractivity contribution is 9.10. The standard InChI is InChI=1S/C12H12BrN3O/c1-16(8-9-6-14-15-7-9)12(17)10-3-2-4-11(13)5-10/h2-7H,8H2,1H3,(H,14,15). The molecule has 0 saturated carbocycles. The summed E-state index contributed by atoms with van der Waals surface area (Å²) >= 11 is 3.35. The van der Waals surface area contributed by atoms with Gasteiger partial charge in [0.05, 0.1) is 6.20 Å². The molecule has 0 saturated heterocycles. The lowest BCUT2D eigenvalue weighted by molar-refractivity contribution is 0.0785. The van der Waals surface area contributed by atoms with Crippen LogP contribution in [0.2, 0.25) is 0 Å². The number of carbonyl (C=O) groups excluding carboxylic acids is 1. The SMILES string of the molecule is CN(Cc1cn[nH]c1)C(=O)c1cccc(Br)c1. The molecule has 1 amide bonds. The lowest BCUT2D eigenvalue weighted by Gasteiger charge is -2.16. The van der Waals surface area contributed by atoms with E-state index in [2.05, 4.69) is 26.1 Å². The van der Waals surface area contributed by atoms with E-state index in [4.69, 9.17) is 0 Å². The number of rotatable bonds is 3. The zero-order valence-electron chi connectivity index (χ0n) is 9.35. The maximum Gasteiger partial charge on any atom is 0.253 e. The van der Waals surface area contributed by atoms with Crippen molar-refractivity contribution in [1.82, 2.24) is 15.1 Å². The van der Waals surface area contributed by atoms with Crippen LogP contribution in [0.1, 0.15) is 15.9 Å². The Morgan fingerprint density at radius 2 is 2.35 bits per heavy atom. The van der Waals surface area contributed by atoms with Crippen LogP contribution in [0.25, 0.3) is 0 Å². The first kappa shape index (κ1) is 11.9. The Balaban J connectivity index is 2.09. The van der Waals surface area contributed by atoms with Crippen molar-refractivity contribution in [3.63, 3.8) is 0 Å². The number of aromatic amines is 1. The van der Waals surface area contributed by atoms with Crippen molar-refractivity contribution in [2.45, 2.75) is 6.54 Å². The summed E-state index contributed by atoms with van der Waals surface area (Å²) in [5.74, 6) is -0.00694. The molecule has 0 bridgehead atoms. The van der Waals surface area contributed by atoms with E-state index < -0.39 is 0 Å². The second-order valence-electron chi connectivity index (χ2n) is 3.78. The average molecular weight is 294 g/mol. The molecule has 2 rings (SSSR count). The largest absolute Gasteiger partial charge is 0.337 e. The zero-order chi connectivity index (χ0) is 12.3. The number of amides is 1. The van der Waals surface area contributed by atoms with E-state index in [0.717, 1.165) is 10.0 Å². The van der Waals surface area contributed by atoms with Gasteiger partial charge in [0.15, 0.2) is 0 Å². The van der Waals surface area contributed by atoms with Crippen LogP contribution in [0.4, 0.5) is 0 Å². The van der Waals surface area contributed by atoms with Crippen LogP contribution >= 0.6 is 15.9 Å². The molecule has 0 aliphatic rings. The van der Waals surface area contributed by atoms with Crippen molar-refractivity contribution in [3.8, 4) is 0 Å². The molecule has 0 fully saturated rings. The molecule has 5 heteroatoms. The van der Waals surface area contributed by atoms with Crippen molar-refractivity contribution >= 4 is 21.8 Å². The van der Waals surface area contributed by atoms with E-state index >= 15 is 0 Å². The zero-order valence-corrected chi connectivity index (χ0v) is 10.9. The highest BCUT2D eigenvalue weighted by Crippen LogP contribution is 2.14. The molecule has 0 aliphatic carbocycles. The molecule has 4 nitrogen and oxygen atoms in total. The number of nitrogens with one attached hydrogen (secondary N) is 1. The smallest absolute Gasteiger partial charge is 0.253 e. The molecule has 1 aromatic carbocycles. The van der Waals surface area contributed by atoms with Crippen molar-refractivity contribution in [3.05, 3.63) is 52.3 Å². The number of nitrogens with zero attached hydrogens (tertiary/aromatic N) is 2. The summed E-state index contributed by atoms with van der Waals surface area (Å²) in [7, 11) is 1.77. The minimum absolute atomic E-state index is 0.00694. The van der Waals surface area contributed by atoms with Gasteiger partial charge in [0.1, 0.15) is 0 Å².